The molecule has 0 atom stereocenters. The summed E-state index contributed by atoms with van der Waals surface area (Å²) in [7, 11) is 0. The molecule has 0 aromatic heterocycles. The minimum atomic E-state index is -0.175. The van der Waals surface area contributed by atoms with Gasteiger partial charge >= 0.3 is 0 Å². The fourth-order valence-electron chi connectivity index (χ4n) is 1.39. The summed E-state index contributed by atoms with van der Waals surface area (Å²) in [6.07, 6.45) is 1.61. The Kier molecular flexibility index (Phi) is 5.11. The van der Waals surface area contributed by atoms with Crippen molar-refractivity contribution in [2.24, 2.45) is 0 Å². The molecule has 4 heteroatoms. The quantitative estimate of drug-likeness (QED) is 0.777. The first-order valence-corrected chi connectivity index (χ1v) is 5.84. The van der Waals surface area contributed by atoms with Crippen molar-refractivity contribution in [1.82, 2.24) is 10.6 Å². The van der Waals surface area contributed by atoms with Gasteiger partial charge in [0.05, 0.1) is 0 Å². The normalized spacial score (nSPS) is 9.94. The van der Waals surface area contributed by atoms with Crippen molar-refractivity contribution < 1.29 is 9.59 Å². The van der Waals surface area contributed by atoms with Crippen LogP contribution < -0.4 is 10.6 Å². The molecule has 0 unspecified atom stereocenters. The SMILES string of the molecule is C=CCNC(=O)c1ccc(C(=O)NC(C)C)cc1. The summed E-state index contributed by atoms with van der Waals surface area (Å²) >= 11 is 0. The van der Waals surface area contributed by atoms with Crippen LogP contribution in [0.15, 0.2) is 36.9 Å². The van der Waals surface area contributed by atoms with Gasteiger partial charge in [0, 0.05) is 23.7 Å². The predicted molar refractivity (Wildman–Crippen MR) is 71.6 cm³/mol. The highest BCUT2D eigenvalue weighted by atomic mass is 16.2. The maximum absolute atomic E-state index is 11.7. The summed E-state index contributed by atoms with van der Waals surface area (Å²) in [6.45, 7) is 7.74. The van der Waals surface area contributed by atoms with E-state index in [-0.39, 0.29) is 17.9 Å². The highest BCUT2D eigenvalue weighted by molar-refractivity contribution is 5.97. The largest absolute Gasteiger partial charge is 0.350 e. The number of nitrogens with one attached hydrogen (secondary N) is 2. The Morgan fingerprint density at radius 2 is 1.67 bits per heavy atom. The number of hydrogen-bond acceptors (Lipinski definition) is 2. The zero-order chi connectivity index (χ0) is 13.5. The lowest BCUT2D eigenvalue weighted by Gasteiger charge is -2.08. The van der Waals surface area contributed by atoms with Gasteiger partial charge in [0.15, 0.2) is 0 Å². The summed E-state index contributed by atoms with van der Waals surface area (Å²) in [6, 6.07) is 6.63. The molecule has 0 spiro atoms. The lowest BCUT2D eigenvalue weighted by atomic mass is 10.1. The third-order valence-corrected chi connectivity index (χ3v) is 2.24. The summed E-state index contributed by atoms with van der Waals surface area (Å²) in [5.41, 5.74) is 1.07. The van der Waals surface area contributed by atoms with Crippen LogP contribution in [0.4, 0.5) is 0 Å². The first-order chi connectivity index (χ1) is 8.54. The standard InChI is InChI=1S/C14H18N2O2/c1-4-9-15-13(17)11-5-7-12(8-6-11)14(18)16-10(2)3/h4-8,10H,1,9H2,2-3H3,(H,15,17)(H,16,18). The molecular weight excluding hydrogens is 228 g/mol. The number of rotatable bonds is 5. The van der Waals surface area contributed by atoms with Crippen molar-refractivity contribution in [3.8, 4) is 0 Å². The van der Waals surface area contributed by atoms with Gasteiger partial charge in [0.1, 0.15) is 0 Å². The van der Waals surface area contributed by atoms with E-state index in [0.29, 0.717) is 17.7 Å². The van der Waals surface area contributed by atoms with Gasteiger partial charge in [-0.15, -0.1) is 6.58 Å². The van der Waals surface area contributed by atoms with Crippen LogP contribution in [-0.4, -0.2) is 24.4 Å². The summed E-state index contributed by atoms with van der Waals surface area (Å²) < 4.78 is 0. The Bertz CT molecular complexity index is 436. The molecule has 0 heterocycles. The Hall–Kier alpha value is -2.10. The van der Waals surface area contributed by atoms with Crippen LogP contribution in [0, 0.1) is 0 Å². The molecule has 2 amide bonds. The van der Waals surface area contributed by atoms with E-state index in [9.17, 15) is 9.59 Å². The third-order valence-electron chi connectivity index (χ3n) is 2.24. The maximum atomic E-state index is 11.7. The zero-order valence-electron chi connectivity index (χ0n) is 10.7. The Morgan fingerprint density at radius 1 is 1.17 bits per heavy atom. The average Bonchev–Trinajstić information content (AvgIpc) is 2.35. The molecule has 0 bridgehead atoms. The minimum absolute atomic E-state index is 0.0908. The molecule has 1 aromatic rings. The second kappa shape index (κ2) is 6.59. The monoisotopic (exact) mass is 246 g/mol. The zero-order valence-corrected chi connectivity index (χ0v) is 10.7. The number of hydrogen-bond donors (Lipinski definition) is 2. The van der Waals surface area contributed by atoms with E-state index < -0.39 is 0 Å². The molecule has 0 saturated carbocycles. The molecular formula is C14H18N2O2. The van der Waals surface area contributed by atoms with Gasteiger partial charge in [-0.25, -0.2) is 0 Å². The molecule has 96 valence electrons. The molecule has 4 nitrogen and oxygen atoms in total. The highest BCUT2D eigenvalue weighted by Crippen LogP contribution is 2.04. The third kappa shape index (κ3) is 4.05. The molecule has 0 aliphatic heterocycles. The lowest BCUT2D eigenvalue weighted by Crippen LogP contribution is -2.30. The van der Waals surface area contributed by atoms with E-state index in [1.807, 2.05) is 13.8 Å². The molecule has 1 aromatic carbocycles. The van der Waals surface area contributed by atoms with Crippen LogP contribution in [0.1, 0.15) is 34.6 Å². The number of benzene rings is 1. The number of carbonyl (C=O) groups is 2. The lowest BCUT2D eigenvalue weighted by molar-refractivity contribution is 0.0936. The second-order valence-corrected chi connectivity index (χ2v) is 4.20. The van der Waals surface area contributed by atoms with Crippen LogP contribution in [0.5, 0.6) is 0 Å². The maximum Gasteiger partial charge on any atom is 0.251 e. The number of amides is 2. The smallest absolute Gasteiger partial charge is 0.251 e. The first kappa shape index (κ1) is 14.0. The molecule has 1 rings (SSSR count). The first-order valence-electron chi connectivity index (χ1n) is 5.84. The van der Waals surface area contributed by atoms with Gasteiger partial charge in [-0.1, -0.05) is 6.08 Å². The molecule has 0 aliphatic carbocycles. The van der Waals surface area contributed by atoms with Crippen LogP contribution in [0.2, 0.25) is 0 Å². The van der Waals surface area contributed by atoms with Gasteiger partial charge in [-0.05, 0) is 38.1 Å². The van der Waals surface area contributed by atoms with Crippen molar-refractivity contribution in [1.29, 1.82) is 0 Å². The van der Waals surface area contributed by atoms with Crippen LogP contribution in [-0.2, 0) is 0 Å². The fourth-order valence-corrected chi connectivity index (χ4v) is 1.39. The molecule has 0 aliphatic rings. The van der Waals surface area contributed by atoms with Crippen LogP contribution >= 0.6 is 0 Å². The average molecular weight is 246 g/mol. The van der Waals surface area contributed by atoms with Crippen molar-refractivity contribution >= 4 is 11.8 Å². The molecule has 0 radical (unpaired) electrons. The van der Waals surface area contributed by atoms with E-state index in [1.165, 1.54) is 0 Å². The Morgan fingerprint density at radius 3 is 2.11 bits per heavy atom. The summed E-state index contributed by atoms with van der Waals surface area (Å²) in [4.78, 5) is 23.3. The van der Waals surface area contributed by atoms with E-state index in [2.05, 4.69) is 17.2 Å². The molecule has 0 saturated heterocycles. The summed E-state index contributed by atoms with van der Waals surface area (Å²) in [5, 5.41) is 5.46. The van der Waals surface area contributed by atoms with Crippen molar-refractivity contribution in [2.45, 2.75) is 19.9 Å². The topological polar surface area (TPSA) is 58.2 Å². The molecule has 2 N–H and O–H groups in total. The van der Waals surface area contributed by atoms with Gasteiger partial charge in [0.25, 0.3) is 11.8 Å². The van der Waals surface area contributed by atoms with Crippen LogP contribution in [0.25, 0.3) is 0 Å². The Balaban J connectivity index is 2.70. The Labute approximate surface area is 107 Å². The van der Waals surface area contributed by atoms with Gasteiger partial charge in [-0.3, -0.25) is 9.59 Å². The van der Waals surface area contributed by atoms with Gasteiger partial charge in [-0.2, -0.15) is 0 Å². The van der Waals surface area contributed by atoms with E-state index in [1.54, 1.807) is 30.3 Å². The van der Waals surface area contributed by atoms with Crippen LogP contribution in [0.3, 0.4) is 0 Å². The second-order valence-electron chi connectivity index (χ2n) is 4.20. The van der Waals surface area contributed by atoms with E-state index >= 15 is 0 Å². The summed E-state index contributed by atoms with van der Waals surface area (Å²) in [5.74, 6) is -0.311. The number of carbonyl (C=O) groups excluding carboxylic acids is 2. The van der Waals surface area contributed by atoms with Crippen molar-refractivity contribution in [3.63, 3.8) is 0 Å². The fraction of sp³-hybridized carbons (Fsp3) is 0.286. The van der Waals surface area contributed by atoms with Gasteiger partial charge in [0.2, 0.25) is 0 Å². The van der Waals surface area contributed by atoms with E-state index in [0.717, 1.165) is 0 Å². The highest BCUT2D eigenvalue weighted by Gasteiger charge is 2.08. The predicted octanol–water partition coefficient (Wildman–Crippen LogP) is 1.74. The van der Waals surface area contributed by atoms with E-state index in [4.69, 9.17) is 0 Å². The minimum Gasteiger partial charge on any atom is -0.350 e. The molecule has 0 fully saturated rings. The molecule has 18 heavy (non-hydrogen) atoms. The van der Waals surface area contributed by atoms with Gasteiger partial charge < -0.3 is 10.6 Å². The van der Waals surface area contributed by atoms with Crippen molar-refractivity contribution in [2.75, 3.05) is 6.54 Å². The van der Waals surface area contributed by atoms with Crippen molar-refractivity contribution in [3.05, 3.63) is 48.0 Å².